The number of nitrogens with two attached hydrogens (primary N) is 1. The van der Waals surface area contributed by atoms with E-state index in [2.05, 4.69) is 32.6 Å². The summed E-state index contributed by atoms with van der Waals surface area (Å²) in [4.78, 5) is 2.47. The highest BCUT2D eigenvalue weighted by atomic mass is 28.2. The van der Waals surface area contributed by atoms with Crippen LogP contribution in [0.15, 0.2) is 0 Å². The molecule has 118 valence electrons. The molecule has 0 aliphatic carbocycles. The van der Waals surface area contributed by atoms with Gasteiger partial charge < -0.3 is 19.5 Å². The lowest BCUT2D eigenvalue weighted by molar-refractivity contribution is 0.247. The van der Waals surface area contributed by atoms with E-state index in [0.29, 0.717) is 31.7 Å². The van der Waals surface area contributed by atoms with Crippen LogP contribution in [-0.4, -0.2) is 62.8 Å². The van der Waals surface area contributed by atoms with Crippen LogP contribution in [0, 0.1) is 0 Å². The minimum absolute atomic E-state index is 0.357. The van der Waals surface area contributed by atoms with Crippen LogP contribution in [0.2, 0.25) is 12.1 Å². The van der Waals surface area contributed by atoms with Crippen molar-refractivity contribution in [3.8, 4) is 0 Å². The van der Waals surface area contributed by atoms with Crippen LogP contribution in [0.5, 0.6) is 0 Å². The molecular formula is C14H32N2O2Si2. The first-order valence-corrected chi connectivity index (χ1v) is 9.98. The summed E-state index contributed by atoms with van der Waals surface area (Å²) in [6, 6.07) is 2.33. The molecule has 0 saturated carbocycles. The lowest BCUT2D eigenvalue weighted by Gasteiger charge is -2.21. The second-order valence-corrected chi connectivity index (χ2v) is 7.51. The van der Waals surface area contributed by atoms with Gasteiger partial charge in [-0.15, -0.1) is 0 Å². The lowest BCUT2D eigenvalue weighted by Crippen LogP contribution is -2.31. The predicted octanol–water partition coefficient (Wildman–Crippen LogP) is 1.95. The Morgan fingerprint density at radius 2 is 1.30 bits per heavy atom. The molecule has 0 rings (SSSR count). The molecule has 20 heavy (non-hydrogen) atoms. The van der Waals surface area contributed by atoms with E-state index in [9.17, 15) is 0 Å². The Bertz CT molecular complexity index is 190. The van der Waals surface area contributed by atoms with Gasteiger partial charge in [-0.3, -0.25) is 0 Å². The summed E-state index contributed by atoms with van der Waals surface area (Å²) in [5.41, 5.74) is 5.68. The van der Waals surface area contributed by atoms with E-state index in [4.69, 9.17) is 14.6 Å². The number of hydrogen-bond acceptors (Lipinski definition) is 4. The molecule has 0 aromatic heterocycles. The smallest absolute Gasteiger partial charge is 0.230 e. The standard InChI is InChI=1S/C14H32N2O2Si2/c1-13(2)17-19-11-5-8-16(10-7-15)9-6-12-20-18-14(3)4/h13-14H,5-12,15H2,1-4H3. The molecule has 0 aromatic carbocycles. The Labute approximate surface area is 130 Å². The van der Waals surface area contributed by atoms with Gasteiger partial charge in [-0.1, -0.05) is 0 Å². The average molecular weight is 317 g/mol. The summed E-state index contributed by atoms with van der Waals surface area (Å²) in [6.45, 7) is 12.4. The van der Waals surface area contributed by atoms with Crippen molar-refractivity contribution in [3.05, 3.63) is 0 Å². The van der Waals surface area contributed by atoms with Crippen molar-refractivity contribution in [2.45, 2.75) is 64.8 Å². The monoisotopic (exact) mass is 316 g/mol. The minimum atomic E-state index is 0.357. The van der Waals surface area contributed by atoms with Crippen molar-refractivity contribution in [3.63, 3.8) is 0 Å². The van der Waals surface area contributed by atoms with Crippen LogP contribution in [0.1, 0.15) is 40.5 Å². The van der Waals surface area contributed by atoms with Crippen molar-refractivity contribution in [1.29, 1.82) is 0 Å². The fourth-order valence-corrected chi connectivity index (χ4v) is 3.23. The van der Waals surface area contributed by atoms with Gasteiger partial charge in [0.05, 0.1) is 0 Å². The predicted molar refractivity (Wildman–Crippen MR) is 88.3 cm³/mol. The van der Waals surface area contributed by atoms with Crippen LogP contribution < -0.4 is 5.73 Å². The third-order valence-corrected chi connectivity index (χ3v) is 4.98. The van der Waals surface area contributed by atoms with E-state index < -0.39 is 0 Å². The van der Waals surface area contributed by atoms with E-state index in [0.717, 1.165) is 38.3 Å². The summed E-state index contributed by atoms with van der Waals surface area (Å²) in [6.07, 6.45) is 3.12. The number of rotatable bonds is 14. The van der Waals surface area contributed by atoms with Gasteiger partial charge in [-0.2, -0.15) is 0 Å². The van der Waals surface area contributed by atoms with Gasteiger partial charge in [0, 0.05) is 25.3 Å². The molecule has 0 spiro atoms. The molecule has 0 unspecified atom stereocenters. The molecule has 0 aliphatic heterocycles. The first-order valence-electron chi connectivity index (χ1n) is 7.75. The van der Waals surface area contributed by atoms with Crippen LogP contribution in [-0.2, 0) is 8.85 Å². The highest BCUT2D eigenvalue weighted by Crippen LogP contribution is 2.01. The largest absolute Gasteiger partial charge is 0.415 e. The molecule has 4 radical (unpaired) electrons. The van der Waals surface area contributed by atoms with Gasteiger partial charge in [0.25, 0.3) is 0 Å². The Hall–Kier alpha value is 0.274. The number of hydrogen-bond donors (Lipinski definition) is 1. The Kier molecular flexibility index (Phi) is 14.4. The minimum Gasteiger partial charge on any atom is -0.415 e. The molecule has 0 atom stereocenters. The van der Waals surface area contributed by atoms with E-state index in [1.165, 1.54) is 12.8 Å². The van der Waals surface area contributed by atoms with Gasteiger partial charge in [0.2, 0.25) is 19.5 Å². The van der Waals surface area contributed by atoms with Crippen molar-refractivity contribution in [2.24, 2.45) is 5.73 Å². The summed E-state index contributed by atoms with van der Waals surface area (Å²) >= 11 is 0. The first kappa shape index (κ1) is 20.3. The van der Waals surface area contributed by atoms with Gasteiger partial charge in [0.1, 0.15) is 0 Å². The van der Waals surface area contributed by atoms with E-state index in [1.54, 1.807) is 0 Å². The zero-order chi connectivity index (χ0) is 15.2. The lowest BCUT2D eigenvalue weighted by atomic mass is 10.3. The third-order valence-electron chi connectivity index (χ3n) is 2.59. The molecular weight excluding hydrogens is 284 g/mol. The topological polar surface area (TPSA) is 47.7 Å². The maximum atomic E-state index is 5.68. The molecule has 6 heteroatoms. The molecule has 0 fully saturated rings. The highest BCUT2D eigenvalue weighted by molar-refractivity contribution is 6.27. The summed E-state index contributed by atoms with van der Waals surface area (Å²) in [7, 11) is 1.27. The van der Waals surface area contributed by atoms with Crippen molar-refractivity contribution in [1.82, 2.24) is 4.90 Å². The quantitative estimate of drug-likeness (QED) is 0.393. The maximum Gasteiger partial charge on any atom is 0.230 e. The van der Waals surface area contributed by atoms with Crippen LogP contribution >= 0.6 is 0 Å². The Morgan fingerprint density at radius 3 is 1.65 bits per heavy atom. The first-order chi connectivity index (χ1) is 9.56. The van der Waals surface area contributed by atoms with Crippen LogP contribution in [0.3, 0.4) is 0 Å². The molecule has 0 heterocycles. The van der Waals surface area contributed by atoms with Crippen LogP contribution in [0.25, 0.3) is 0 Å². The van der Waals surface area contributed by atoms with Gasteiger partial charge in [-0.05, 0) is 65.7 Å². The van der Waals surface area contributed by atoms with Crippen LogP contribution in [0.4, 0.5) is 0 Å². The van der Waals surface area contributed by atoms with E-state index >= 15 is 0 Å². The molecule has 2 N–H and O–H groups in total. The summed E-state index contributed by atoms with van der Waals surface area (Å²) in [5, 5.41) is 0. The van der Waals surface area contributed by atoms with Crippen molar-refractivity contribution < 1.29 is 8.85 Å². The highest BCUT2D eigenvalue weighted by Gasteiger charge is 2.05. The molecule has 0 amide bonds. The second kappa shape index (κ2) is 14.2. The zero-order valence-electron chi connectivity index (χ0n) is 13.7. The van der Waals surface area contributed by atoms with Gasteiger partial charge in [-0.25, -0.2) is 0 Å². The summed E-state index contributed by atoms with van der Waals surface area (Å²) < 4.78 is 11.2. The average Bonchev–Trinajstić information content (AvgIpc) is 2.37. The second-order valence-electron chi connectivity index (χ2n) is 5.46. The molecule has 4 nitrogen and oxygen atoms in total. The third kappa shape index (κ3) is 14.7. The fourth-order valence-electron chi connectivity index (χ4n) is 1.72. The normalized spacial score (nSPS) is 12.0. The molecule has 0 aliphatic rings. The summed E-state index contributed by atoms with van der Waals surface area (Å²) in [5.74, 6) is 0. The van der Waals surface area contributed by atoms with E-state index in [1.807, 2.05) is 0 Å². The van der Waals surface area contributed by atoms with Crippen molar-refractivity contribution in [2.75, 3.05) is 26.2 Å². The molecule has 0 aromatic rings. The maximum absolute atomic E-state index is 5.68. The molecule has 0 saturated heterocycles. The van der Waals surface area contributed by atoms with Gasteiger partial charge in [0.15, 0.2) is 0 Å². The van der Waals surface area contributed by atoms with E-state index in [-0.39, 0.29) is 0 Å². The van der Waals surface area contributed by atoms with Crippen molar-refractivity contribution >= 4 is 19.5 Å². The molecule has 0 bridgehead atoms. The zero-order valence-corrected chi connectivity index (χ0v) is 15.7. The Morgan fingerprint density at radius 1 is 0.850 bits per heavy atom. The van der Waals surface area contributed by atoms with Gasteiger partial charge >= 0.3 is 0 Å². The SMILES string of the molecule is CC(C)O[Si]CCCN(CCN)CCC[Si]OC(C)C. The fraction of sp³-hybridized carbons (Fsp3) is 1.00. The Balaban J connectivity index is 3.55. The number of nitrogens with zero attached hydrogens (tertiary/aromatic N) is 1.